The maximum Gasteiger partial charge on any atom is 0.268 e. The first kappa shape index (κ1) is 14.6. The van der Waals surface area contributed by atoms with Crippen LogP contribution in [0.3, 0.4) is 0 Å². The fourth-order valence-electron chi connectivity index (χ4n) is 2.58. The van der Waals surface area contributed by atoms with Crippen molar-refractivity contribution in [3.8, 4) is 0 Å². The molecule has 0 radical (unpaired) electrons. The van der Waals surface area contributed by atoms with Gasteiger partial charge in [0.25, 0.3) is 5.91 Å². The molecule has 116 valence electrons. The lowest BCUT2D eigenvalue weighted by molar-refractivity contribution is 0.0728. The Morgan fingerprint density at radius 3 is 2.67 bits per heavy atom. The fraction of sp³-hybridized carbons (Fsp3) is 0.733. The standard InChI is InChI=1S/C15H24N4OS/c1-9(2)8-19(11-6-7-11)14(20)12-13(16)18-15(21-12)17-10-4-3-5-10/h9-11H,3-8,16H2,1-2H3,(H,17,18). The molecule has 3 rings (SSSR count). The normalized spacial score (nSPS) is 18.6. The van der Waals surface area contributed by atoms with Gasteiger partial charge in [-0.05, 0) is 38.0 Å². The second-order valence-corrected chi connectivity index (χ2v) is 7.59. The second-order valence-electron chi connectivity index (χ2n) is 6.59. The van der Waals surface area contributed by atoms with E-state index in [2.05, 4.69) is 24.1 Å². The average molecular weight is 308 g/mol. The average Bonchev–Trinajstić information content (AvgIpc) is 3.14. The van der Waals surface area contributed by atoms with E-state index in [-0.39, 0.29) is 5.91 Å². The van der Waals surface area contributed by atoms with Gasteiger partial charge in [-0.15, -0.1) is 0 Å². The van der Waals surface area contributed by atoms with Crippen LogP contribution in [0.15, 0.2) is 0 Å². The van der Waals surface area contributed by atoms with Crippen molar-refractivity contribution in [2.45, 2.75) is 58.0 Å². The summed E-state index contributed by atoms with van der Waals surface area (Å²) in [6.45, 7) is 5.08. The number of carbonyl (C=O) groups excluding carboxylic acids is 1. The zero-order chi connectivity index (χ0) is 15.0. The predicted molar refractivity (Wildman–Crippen MR) is 86.7 cm³/mol. The summed E-state index contributed by atoms with van der Waals surface area (Å²) in [4.78, 5) is 19.7. The van der Waals surface area contributed by atoms with E-state index in [0.717, 1.165) is 24.5 Å². The van der Waals surface area contributed by atoms with Gasteiger partial charge in [0.05, 0.1) is 0 Å². The molecule has 1 amide bonds. The van der Waals surface area contributed by atoms with Crippen molar-refractivity contribution in [1.82, 2.24) is 9.88 Å². The third-order valence-electron chi connectivity index (χ3n) is 4.09. The number of amides is 1. The van der Waals surface area contributed by atoms with Gasteiger partial charge in [-0.3, -0.25) is 4.79 Å². The Hall–Kier alpha value is -1.30. The molecule has 2 aliphatic carbocycles. The number of rotatable bonds is 6. The highest BCUT2D eigenvalue weighted by Crippen LogP contribution is 2.34. The van der Waals surface area contributed by atoms with E-state index in [9.17, 15) is 4.79 Å². The smallest absolute Gasteiger partial charge is 0.268 e. The van der Waals surface area contributed by atoms with Crippen molar-refractivity contribution in [2.75, 3.05) is 17.6 Å². The lowest BCUT2D eigenvalue weighted by atomic mass is 9.93. The van der Waals surface area contributed by atoms with Crippen LogP contribution in [0.4, 0.5) is 10.9 Å². The minimum Gasteiger partial charge on any atom is -0.382 e. The van der Waals surface area contributed by atoms with Gasteiger partial charge in [-0.1, -0.05) is 25.2 Å². The molecule has 1 aromatic rings. The van der Waals surface area contributed by atoms with Crippen LogP contribution < -0.4 is 11.1 Å². The number of anilines is 2. The lowest BCUT2D eigenvalue weighted by Crippen LogP contribution is -2.36. The van der Waals surface area contributed by atoms with Crippen LogP contribution >= 0.6 is 11.3 Å². The third-order valence-corrected chi connectivity index (χ3v) is 5.08. The first-order valence-electron chi connectivity index (χ1n) is 7.88. The molecule has 0 bridgehead atoms. The molecule has 2 fully saturated rings. The van der Waals surface area contributed by atoms with Crippen molar-refractivity contribution in [3.63, 3.8) is 0 Å². The maximum absolute atomic E-state index is 12.8. The predicted octanol–water partition coefficient (Wildman–Crippen LogP) is 2.95. The molecule has 0 atom stereocenters. The summed E-state index contributed by atoms with van der Waals surface area (Å²) in [5, 5.41) is 4.17. The Morgan fingerprint density at radius 1 is 1.43 bits per heavy atom. The van der Waals surface area contributed by atoms with Gasteiger partial charge in [0.1, 0.15) is 10.7 Å². The Balaban J connectivity index is 1.72. The van der Waals surface area contributed by atoms with Crippen molar-refractivity contribution in [2.24, 2.45) is 5.92 Å². The molecule has 0 unspecified atom stereocenters. The topological polar surface area (TPSA) is 71.2 Å². The summed E-state index contributed by atoms with van der Waals surface area (Å²) in [5.74, 6) is 0.903. The summed E-state index contributed by atoms with van der Waals surface area (Å²) in [5.41, 5.74) is 5.98. The van der Waals surface area contributed by atoms with Crippen LogP contribution in [0.2, 0.25) is 0 Å². The molecule has 6 heteroatoms. The molecule has 0 aromatic carbocycles. The van der Waals surface area contributed by atoms with Crippen molar-refractivity contribution >= 4 is 28.2 Å². The Labute approximate surface area is 129 Å². The Bertz CT molecular complexity index is 520. The van der Waals surface area contributed by atoms with Crippen LogP contribution in [0.5, 0.6) is 0 Å². The molecular weight excluding hydrogens is 284 g/mol. The summed E-state index contributed by atoms with van der Waals surface area (Å²) in [6, 6.07) is 0.915. The Morgan fingerprint density at radius 2 is 2.14 bits per heavy atom. The molecular formula is C15H24N4OS. The van der Waals surface area contributed by atoms with E-state index in [1.807, 2.05) is 4.90 Å². The molecule has 0 saturated heterocycles. The van der Waals surface area contributed by atoms with E-state index in [0.29, 0.717) is 28.7 Å². The highest BCUT2D eigenvalue weighted by molar-refractivity contribution is 7.18. The minimum absolute atomic E-state index is 0.0582. The number of nitrogen functional groups attached to an aromatic ring is 1. The summed E-state index contributed by atoms with van der Waals surface area (Å²) >= 11 is 1.41. The minimum atomic E-state index is 0.0582. The highest BCUT2D eigenvalue weighted by Gasteiger charge is 2.35. The number of aromatic nitrogens is 1. The SMILES string of the molecule is CC(C)CN(C(=O)c1sc(NC2CCC2)nc1N)C1CC1. The molecule has 5 nitrogen and oxygen atoms in total. The van der Waals surface area contributed by atoms with Crippen LogP contribution in [-0.2, 0) is 0 Å². The number of nitrogens with zero attached hydrogens (tertiary/aromatic N) is 2. The van der Waals surface area contributed by atoms with E-state index in [1.165, 1.54) is 30.6 Å². The first-order valence-corrected chi connectivity index (χ1v) is 8.70. The second kappa shape index (κ2) is 5.83. The first-order chi connectivity index (χ1) is 10.0. The maximum atomic E-state index is 12.8. The largest absolute Gasteiger partial charge is 0.382 e. The van der Waals surface area contributed by atoms with Crippen molar-refractivity contribution in [1.29, 1.82) is 0 Å². The summed E-state index contributed by atoms with van der Waals surface area (Å²) in [6.07, 6.45) is 5.87. The van der Waals surface area contributed by atoms with Gasteiger partial charge in [0, 0.05) is 18.6 Å². The van der Waals surface area contributed by atoms with E-state index < -0.39 is 0 Å². The summed E-state index contributed by atoms with van der Waals surface area (Å²) < 4.78 is 0. The third kappa shape index (κ3) is 3.31. The highest BCUT2D eigenvalue weighted by atomic mass is 32.1. The molecule has 2 saturated carbocycles. The molecule has 3 N–H and O–H groups in total. The van der Waals surface area contributed by atoms with Gasteiger partial charge in [-0.25, -0.2) is 4.98 Å². The number of hydrogen-bond donors (Lipinski definition) is 2. The van der Waals surface area contributed by atoms with Gasteiger partial charge in [-0.2, -0.15) is 0 Å². The Kier molecular flexibility index (Phi) is 4.06. The van der Waals surface area contributed by atoms with Crippen molar-refractivity contribution < 1.29 is 4.79 Å². The van der Waals surface area contributed by atoms with Gasteiger partial charge in [0.15, 0.2) is 5.13 Å². The number of nitrogens with two attached hydrogens (primary N) is 1. The molecule has 1 aromatic heterocycles. The van der Waals surface area contributed by atoms with Crippen LogP contribution in [0.1, 0.15) is 55.6 Å². The molecule has 0 aliphatic heterocycles. The van der Waals surface area contributed by atoms with Gasteiger partial charge >= 0.3 is 0 Å². The number of nitrogens with one attached hydrogen (secondary N) is 1. The molecule has 1 heterocycles. The zero-order valence-corrected chi connectivity index (χ0v) is 13.6. The van der Waals surface area contributed by atoms with Gasteiger partial charge < -0.3 is 16.0 Å². The zero-order valence-electron chi connectivity index (χ0n) is 12.8. The van der Waals surface area contributed by atoms with Crippen LogP contribution in [0, 0.1) is 5.92 Å². The number of thiazole rings is 1. The van der Waals surface area contributed by atoms with E-state index in [4.69, 9.17) is 5.73 Å². The van der Waals surface area contributed by atoms with Crippen LogP contribution in [-0.4, -0.2) is 34.4 Å². The van der Waals surface area contributed by atoms with E-state index in [1.54, 1.807) is 0 Å². The quantitative estimate of drug-likeness (QED) is 0.847. The van der Waals surface area contributed by atoms with E-state index >= 15 is 0 Å². The van der Waals surface area contributed by atoms with Crippen molar-refractivity contribution in [3.05, 3.63) is 4.88 Å². The monoisotopic (exact) mass is 308 g/mol. The number of carbonyl (C=O) groups is 1. The summed E-state index contributed by atoms with van der Waals surface area (Å²) in [7, 11) is 0. The fourth-order valence-corrected chi connectivity index (χ4v) is 3.50. The lowest BCUT2D eigenvalue weighted by Gasteiger charge is -2.25. The molecule has 21 heavy (non-hydrogen) atoms. The number of hydrogen-bond acceptors (Lipinski definition) is 5. The molecule has 2 aliphatic rings. The van der Waals surface area contributed by atoms with Gasteiger partial charge in [0.2, 0.25) is 0 Å². The van der Waals surface area contributed by atoms with Crippen LogP contribution in [0.25, 0.3) is 0 Å². The molecule has 0 spiro atoms.